The zero-order valence-corrected chi connectivity index (χ0v) is 14.4. The number of hydrogen-bond acceptors (Lipinski definition) is 3. The summed E-state index contributed by atoms with van der Waals surface area (Å²) in [6.07, 6.45) is 10.9. The predicted molar refractivity (Wildman–Crippen MR) is 96.1 cm³/mol. The highest BCUT2D eigenvalue weighted by molar-refractivity contribution is 6.34. The summed E-state index contributed by atoms with van der Waals surface area (Å²) in [5.41, 5.74) is 3.36. The Labute approximate surface area is 150 Å². The number of carbonyl (C=O) groups excluding carboxylic acids is 1. The van der Waals surface area contributed by atoms with Gasteiger partial charge in [-0.1, -0.05) is 30.9 Å². The summed E-state index contributed by atoms with van der Waals surface area (Å²) >= 11 is 6.54. The molecule has 1 aliphatic carbocycles. The minimum atomic E-state index is -0.257. The summed E-state index contributed by atoms with van der Waals surface area (Å²) < 4.78 is 2.05. The highest BCUT2D eigenvalue weighted by Gasteiger charge is 2.44. The van der Waals surface area contributed by atoms with Crippen LogP contribution in [-0.4, -0.2) is 20.7 Å². The third kappa shape index (κ3) is 2.12. The molecule has 1 fully saturated rings. The molecule has 2 aromatic heterocycles. The molecule has 1 aliphatic heterocycles. The molecule has 1 aromatic carbocycles. The van der Waals surface area contributed by atoms with Gasteiger partial charge in [-0.15, -0.1) is 0 Å². The zero-order valence-electron chi connectivity index (χ0n) is 13.6. The standard InChI is InChI=1S/C19H17ClN4O/c20-15-9-13(24-7-4-12-10-21-22-11-16(12)24)8-14-17(15)18(25)23-19(14)5-2-1-3-6-19/h4,7-11H,1-3,5-6H2,(H,23,25). The maximum Gasteiger partial charge on any atom is 0.253 e. The monoisotopic (exact) mass is 352 g/mol. The summed E-state index contributed by atoms with van der Waals surface area (Å²) in [5, 5.41) is 12.7. The lowest BCUT2D eigenvalue weighted by Crippen LogP contribution is -2.40. The highest BCUT2D eigenvalue weighted by atomic mass is 35.5. The molecular weight excluding hydrogens is 336 g/mol. The van der Waals surface area contributed by atoms with Crippen molar-refractivity contribution >= 4 is 28.4 Å². The van der Waals surface area contributed by atoms with Crippen molar-refractivity contribution in [2.45, 2.75) is 37.6 Å². The van der Waals surface area contributed by atoms with E-state index in [1.54, 1.807) is 12.4 Å². The zero-order chi connectivity index (χ0) is 17.0. The average molecular weight is 353 g/mol. The second-order valence-electron chi connectivity index (χ2n) is 6.96. The van der Waals surface area contributed by atoms with Crippen LogP contribution >= 0.6 is 11.6 Å². The predicted octanol–water partition coefficient (Wildman–Crippen LogP) is 3.98. The smallest absolute Gasteiger partial charge is 0.253 e. The molecule has 3 heterocycles. The minimum Gasteiger partial charge on any atom is -0.342 e. The van der Waals surface area contributed by atoms with Crippen LogP contribution in [0.4, 0.5) is 0 Å². The topological polar surface area (TPSA) is 59.8 Å². The average Bonchev–Trinajstić information content (AvgIpc) is 3.16. The first kappa shape index (κ1) is 14.9. The van der Waals surface area contributed by atoms with Gasteiger partial charge in [0.05, 0.1) is 34.0 Å². The van der Waals surface area contributed by atoms with Gasteiger partial charge in [0.2, 0.25) is 0 Å². The van der Waals surface area contributed by atoms with Gasteiger partial charge in [-0.3, -0.25) is 4.79 Å². The lowest BCUT2D eigenvalue weighted by molar-refractivity contribution is 0.0909. The molecule has 5 rings (SSSR count). The third-order valence-electron chi connectivity index (χ3n) is 5.56. The molecule has 1 spiro atoms. The lowest BCUT2D eigenvalue weighted by Gasteiger charge is -2.34. The van der Waals surface area contributed by atoms with Crippen LogP contribution in [0.3, 0.4) is 0 Å². The number of nitrogens with one attached hydrogen (secondary N) is 1. The van der Waals surface area contributed by atoms with Crippen LogP contribution in [0.15, 0.2) is 36.8 Å². The van der Waals surface area contributed by atoms with E-state index in [1.807, 2.05) is 18.3 Å². The van der Waals surface area contributed by atoms with Crippen LogP contribution in [0.1, 0.15) is 48.0 Å². The Bertz CT molecular complexity index is 1000. The van der Waals surface area contributed by atoms with Gasteiger partial charge in [0.15, 0.2) is 0 Å². The first-order chi connectivity index (χ1) is 12.2. The Hall–Kier alpha value is -2.40. The van der Waals surface area contributed by atoms with Gasteiger partial charge in [0.1, 0.15) is 0 Å². The molecular formula is C19H17ClN4O. The maximum absolute atomic E-state index is 12.5. The van der Waals surface area contributed by atoms with E-state index in [4.69, 9.17) is 11.6 Å². The van der Waals surface area contributed by atoms with Gasteiger partial charge in [0, 0.05) is 17.3 Å². The quantitative estimate of drug-likeness (QED) is 0.720. The fourth-order valence-electron chi connectivity index (χ4n) is 4.35. The van der Waals surface area contributed by atoms with Gasteiger partial charge in [0.25, 0.3) is 5.91 Å². The van der Waals surface area contributed by atoms with Crippen molar-refractivity contribution in [1.29, 1.82) is 0 Å². The number of benzene rings is 1. The molecule has 0 saturated heterocycles. The van der Waals surface area contributed by atoms with E-state index in [0.717, 1.165) is 47.8 Å². The molecule has 3 aromatic rings. The van der Waals surface area contributed by atoms with Crippen LogP contribution in [0, 0.1) is 0 Å². The van der Waals surface area contributed by atoms with Crippen molar-refractivity contribution in [3.63, 3.8) is 0 Å². The molecule has 1 N–H and O–H groups in total. The SMILES string of the molecule is O=C1NC2(CCCCC2)c2cc(-n3ccc4cnncc43)cc(Cl)c21. The van der Waals surface area contributed by atoms with Gasteiger partial charge in [-0.05, 0) is 36.6 Å². The van der Waals surface area contributed by atoms with E-state index >= 15 is 0 Å². The van der Waals surface area contributed by atoms with Crippen LogP contribution in [0.2, 0.25) is 5.02 Å². The third-order valence-corrected chi connectivity index (χ3v) is 5.86. The van der Waals surface area contributed by atoms with Gasteiger partial charge in [-0.2, -0.15) is 10.2 Å². The highest BCUT2D eigenvalue weighted by Crippen LogP contribution is 2.45. The molecule has 0 unspecified atom stereocenters. The lowest BCUT2D eigenvalue weighted by atomic mass is 9.77. The van der Waals surface area contributed by atoms with Crippen molar-refractivity contribution < 1.29 is 4.79 Å². The van der Waals surface area contributed by atoms with E-state index in [9.17, 15) is 4.79 Å². The van der Waals surface area contributed by atoms with Gasteiger partial charge >= 0.3 is 0 Å². The van der Waals surface area contributed by atoms with E-state index in [-0.39, 0.29) is 11.4 Å². The molecule has 1 amide bonds. The fourth-order valence-corrected chi connectivity index (χ4v) is 4.65. The molecule has 6 heteroatoms. The molecule has 25 heavy (non-hydrogen) atoms. The Morgan fingerprint density at radius 1 is 1.12 bits per heavy atom. The van der Waals surface area contributed by atoms with Crippen molar-refractivity contribution in [2.24, 2.45) is 0 Å². The first-order valence-electron chi connectivity index (χ1n) is 8.63. The van der Waals surface area contributed by atoms with Crippen molar-refractivity contribution in [3.8, 4) is 5.69 Å². The van der Waals surface area contributed by atoms with E-state index in [1.165, 1.54) is 6.42 Å². The first-order valence-corrected chi connectivity index (χ1v) is 9.00. The van der Waals surface area contributed by atoms with Crippen molar-refractivity contribution in [1.82, 2.24) is 20.1 Å². The number of halogens is 1. The van der Waals surface area contributed by atoms with Crippen LogP contribution < -0.4 is 5.32 Å². The van der Waals surface area contributed by atoms with Gasteiger partial charge in [-0.25, -0.2) is 0 Å². The normalized spacial score (nSPS) is 18.5. The molecule has 0 atom stereocenters. The number of nitrogens with zero attached hydrogens (tertiary/aromatic N) is 3. The Kier molecular flexibility index (Phi) is 3.16. The van der Waals surface area contributed by atoms with Crippen LogP contribution in [-0.2, 0) is 5.54 Å². The van der Waals surface area contributed by atoms with Gasteiger partial charge < -0.3 is 9.88 Å². The summed E-state index contributed by atoms with van der Waals surface area (Å²) in [6, 6.07) is 5.98. The second-order valence-corrected chi connectivity index (χ2v) is 7.37. The summed E-state index contributed by atoms with van der Waals surface area (Å²) in [5.74, 6) is -0.0447. The molecule has 0 radical (unpaired) electrons. The summed E-state index contributed by atoms with van der Waals surface area (Å²) in [4.78, 5) is 12.5. The number of amides is 1. The maximum atomic E-state index is 12.5. The molecule has 2 aliphatic rings. The number of aromatic nitrogens is 3. The number of fused-ring (bicyclic) bond motifs is 3. The molecule has 5 nitrogen and oxygen atoms in total. The molecule has 0 bridgehead atoms. The molecule has 1 saturated carbocycles. The van der Waals surface area contributed by atoms with Crippen LogP contribution in [0.5, 0.6) is 0 Å². The van der Waals surface area contributed by atoms with E-state index in [0.29, 0.717) is 10.6 Å². The summed E-state index contributed by atoms with van der Waals surface area (Å²) in [6.45, 7) is 0. The fraction of sp³-hybridized carbons (Fsp3) is 0.316. The number of rotatable bonds is 1. The van der Waals surface area contributed by atoms with E-state index < -0.39 is 0 Å². The Morgan fingerprint density at radius 2 is 1.92 bits per heavy atom. The largest absolute Gasteiger partial charge is 0.342 e. The van der Waals surface area contributed by atoms with E-state index in [2.05, 4.69) is 26.1 Å². The molecule has 126 valence electrons. The Balaban J connectivity index is 1.73. The number of carbonyl (C=O) groups is 1. The summed E-state index contributed by atoms with van der Waals surface area (Å²) in [7, 11) is 0. The Morgan fingerprint density at radius 3 is 2.76 bits per heavy atom. The van der Waals surface area contributed by atoms with Crippen molar-refractivity contribution in [3.05, 3.63) is 52.9 Å². The minimum absolute atomic E-state index is 0.0447. The van der Waals surface area contributed by atoms with Crippen LogP contribution in [0.25, 0.3) is 16.6 Å². The van der Waals surface area contributed by atoms with Crippen molar-refractivity contribution in [2.75, 3.05) is 0 Å². The number of hydrogen-bond donors (Lipinski definition) is 1. The second kappa shape index (κ2) is 5.30.